The van der Waals surface area contributed by atoms with E-state index in [0.29, 0.717) is 11.6 Å². The van der Waals surface area contributed by atoms with Crippen LogP contribution >= 0.6 is 0 Å². The summed E-state index contributed by atoms with van der Waals surface area (Å²) in [5.74, 6) is 1.16. The second-order valence-electron chi connectivity index (χ2n) is 5.54. The van der Waals surface area contributed by atoms with Crippen molar-refractivity contribution in [3.8, 4) is 0 Å². The Bertz CT molecular complexity index is 451. The van der Waals surface area contributed by atoms with Gasteiger partial charge < -0.3 is 5.11 Å². The van der Waals surface area contributed by atoms with Crippen LogP contribution < -0.4 is 0 Å². The number of aryl methyl sites for hydroxylation is 1. The van der Waals surface area contributed by atoms with E-state index >= 15 is 0 Å². The molecule has 1 aliphatic rings. The quantitative estimate of drug-likeness (QED) is 0.901. The van der Waals surface area contributed by atoms with E-state index in [0.717, 1.165) is 24.6 Å². The van der Waals surface area contributed by atoms with Gasteiger partial charge in [0, 0.05) is 12.1 Å². The Morgan fingerprint density at radius 2 is 2.05 bits per heavy atom. The van der Waals surface area contributed by atoms with Crippen LogP contribution in [0.5, 0.6) is 0 Å². The maximum atomic E-state index is 10.9. The van der Waals surface area contributed by atoms with Gasteiger partial charge >= 0.3 is 5.97 Å². The number of carboxylic acid groups (broad SMARTS) is 1. The summed E-state index contributed by atoms with van der Waals surface area (Å²) in [5, 5.41) is 8.98. The van der Waals surface area contributed by atoms with E-state index in [1.807, 2.05) is 0 Å². The van der Waals surface area contributed by atoms with Gasteiger partial charge in [-0.1, -0.05) is 19.8 Å². The van der Waals surface area contributed by atoms with Gasteiger partial charge in [0.15, 0.2) is 0 Å². The van der Waals surface area contributed by atoms with Gasteiger partial charge in [0.1, 0.15) is 5.82 Å². The number of nitrogens with zero attached hydrogens (tertiary/aromatic N) is 2. The van der Waals surface area contributed by atoms with Crippen molar-refractivity contribution >= 4 is 5.97 Å². The lowest BCUT2D eigenvalue weighted by Gasteiger charge is -2.27. The standard InChI is InChI=1S/C15H22N2O2/c1-3-4-11-5-7-12(8-6-11)14-16-9-13(15(18)19)10(2)17-14/h9,11-12H,3-8H2,1-2H3,(H,18,19). The third-order valence-corrected chi connectivity index (χ3v) is 4.14. The minimum atomic E-state index is -0.948. The number of aromatic carboxylic acids is 1. The van der Waals surface area contributed by atoms with Gasteiger partial charge in [0.2, 0.25) is 0 Å². The van der Waals surface area contributed by atoms with Crippen molar-refractivity contribution in [1.29, 1.82) is 0 Å². The van der Waals surface area contributed by atoms with Crippen LogP contribution in [0.15, 0.2) is 6.20 Å². The summed E-state index contributed by atoms with van der Waals surface area (Å²) in [5.41, 5.74) is 0.789. The zero-order valence-electron chi connectivity index (χ0n) is 11.7. The predicted molar refractivity (Wildman–Crippen MR) is 73.3 cm³/mol. The van der Waals surface area contributed by atoms with Gasteiger partial charge in [-0.2, -0.15) is 0 Å². The fourth-order valence-corrected chi connectivity index (χ4v) is 3.01. The van der Waals surface area contributed by atoms with E-state index in [1.54, 1.807) is 6.92 Å². The van der Waals surface area contributed by atoms with Crippen LogP contribution in [0.2, 0.25) is 0 Å². The molecule has 4 nitrogen and oxygen atoms in total. The van der Waals surface area contributed by atoms with Crippen LogP contribution in [0.25, 0.3) is 0 Å². The number of carbonyl (C=O) groups is 1. The molecule has 1 heterocycles. The molecule has 0 saturated heterocycles. The van der Waals surface area contributed by atoms with Gasteiger partial charge in [0.05, 0.1) is 11.3 Å². The van der Waals surface area contributed by atoms with Crippen molar-refractivity contribution in [3.63, 3.8) is 0 Å². The molecule has 0 bridgehead atoms. The average Bonchev–Trinajstić information content (AvgIpc) is 2.39. The highest BCUT2D eigenvalue weighted by Crippen LogP contribution is 2.36. The predicted octanol–water partition coefficient (Wildman–Crippen LogP) is 3.56. The van der Waals surface area contributed by atoms with E-state index in [1.165, 1.54) is 31.9 Å². The minimum absolute atomic E-state index is 0.211. The smallest absolute Gasteiger partial charge is 0.339 e. The van der Waals surface area contributed by atoms with Crippen molar-refractivity contribution in [2.75, 3.05) is 0 Å². The fraction of sp³-hybridized carbons (Fsp3) is 0.667. The van der Waals surface area contributed by atoms with Crippen LogP contribution in [-0.4, -0.2) is 21.0 Å². The lowest BCUT2D eigenvalue weighted by atomic mass is 9.80. The highest BCUT2D eigenvalue weighted by Gasteiger charge is 2.24. The molecule has 0 aliphatic heterocycles. The monoisotopic (exact) mass is 262 g/mol. The number of hydrogen-bond acceptors (Lipinski definition) is 3. The maximum absolute atomic E-state index is 10.9. The molecule has 4 heteroatoms. The molecule has 0 amide bonds. The van der Waals surface area contributed by atoms with Crippen LogP contribution in [-0.2, 0) is 0 Å². The van der Waals surface area contributed by atoms with Gasteiger partial charge in [-0.3, -0.25) is 0 Å². The molecule has 1 aliphatic carbocycles. The van der Waals surface area contributed by atoms with E-state index in [4.69, 9.17) is 5.11 Å². The highest BCUT2D eigenvalue weighted by atomic mass is 16.4. The first-order chi connectivity index (χ1) is 9.11. The first kappa shape index (κ1) is 14.0. The van der Waals surface area contributed by atoms with Gasteiger partial charge in [-0.15, -0.1) is 0 Å². The SMILES string of the molecule is CCCC1CCC(c2ncc(C(=O)O)c(C)n2)CC1. The number of hydrogen-bond donors (Lipinski definition) is 1. The Labute approximate surface area is 114 Å². The number of aromatic nitrogens is 2. The molecule has 0 radical (unpaired) electrons. The lowest BCUT2D eigenvalue weighted by Crippen LogP contribution is -2.16. The Hall–Kier alpha value is -1.45. The molecule has 1 saturated carbocycles. The Morgan fingerprint density at radius 3 is 2.58 bits per heavy atom. The third-order valence-electron chi connectivity index (χ3n) is 4.14. The van der Waals surface area contributed by atoms with Crippen LogP contribution in [0.1, 0.15) is 73.2 Å². The molecule has 1 N–H and O–H groups in total. The summed E-state index contributed by atoms with van der Waals surface area (Å²) < 4.78 is 0. The van der Waals surface area contributed by atoms with Crippen molar-refractivity contribution in [2.45, 2.75) is 58.3 Å². The highest BCUT2D eigenvalue weighted by molar-refractivity contribution is 5.88. The normalized spacial score (nSPS) is 23.3. The molecule has 0 spiro atoms. The second-order valence-corrected chi connectivity index (χ2v) is 5.54. The molecular weight excluding hydrogens is 240 g/mol. The lowest BCUT2D eigenvalue weighted by molar-refractivity contribution is 0.0695. The maximum Gasteiger partial charge on any atom is 0.339 e. The summed E-state index contributed by atoms with van der Waals surface area (Å²) in [6.45, 7) is 3.99. The molecule has 2 rings (SSSR count). The van der Waals surface area contributed by atoms with Gasteiger partial charge in [-0.25, -0.2) is 14.8 Å². The van der Waals surface area contributed by atoms with Gasteiger partial charge in [0.25, 0.3) is 0 Å². The fourth-order valence-electron chi connectivity index (χ4n) is 3.01. The Balaban J connectivity index is 2.04. The molecular formula is C15H22N2O2. The van der Waals surface area contributed by atoms with Crippen molar-refractivity contribution in [3.05, 3.63) is 23.3 Å². The van der Waals surface area contributed by atoms with E-state index in [-0.39, 0.29) is 5.56 Å². The molecule has 1 fully saturated rings. The zero-order valence-corrected chi connectivity index (χ0v) is 11.7. The first-order valence-corrected chi connectivity index (χ1v) is 7.18. The second kappa shape index (κ2) is 6.13. The summed E-state index contributed by atoms with van der Waals surface area (Å²) in [7, 11) is 0. The summed E-state index contributed by atoms with van der Waals surface area (Å²) in [6.07, 6.45) is 8.82. The molecule has 0 unspecified atom stereocenters. The Morgan fingerprint density at radius 1 is 1.37 bits per heavy atom. The topological polar surface area (TPSA) is 63.1 Å². The van der Waals surface area contributed by atoms with Crippen LogP contribution in [0, 0.1) is 12.8 Å². The molecule has 1 aromatic rings. The van der Waals surface area contributed by atoms with Crippen molar-refractivity contribution < 1.29 is 9.90 Å². The number of rotatable bonds is 4. The molecule has 0 atom stereocenters. The summed E-state index contributed by atoms with van der Waals surface area (Å²) in [4.78, 5) is 19.6. The minimum Gasteiger partial charge on any atom is -0.478 e. The van der Waals surface area contributed by atoms with Crippen LogP contribution in [0.4, 0.5) is 0 Å². The first-order valence-electron chi connectivity index (χ1n) is 7.18. The molecule has 104 valence electrons. The molecule has 0 aromatic carbocycles. The summed E-state index contributed by atoms with van der Waals surface area (Å²) >= 11 is 0. The van der Waals surface area contributed by atoms with Gasteiger partial charge in [-0.05, 0) is 38.5 Å². The number of carboxylic acids is 1. The van der Waals surface area contributed by atoms with Crippen molar-refractivity contribution in [1.82, 2.24) is 9.97 Å². The average molecular weight is 262 g/mol. The summed E-state index contributed by atoms with van der Waals surface area (Å²) in [6, 6.07) is 0. The molecule has 1 aromatic heterocycles. The van der Waals surface area contributed by atoms with E-state index in [2.05, 4.69) is 16.9 Å². The Kier molecular flexibility index (Phi) is 4.51. The zero-order chi connectivity index (χ0) is 13.8. The van der Waals surface area contributed by atoms with E-state index < -0.39 is 5.97 Å². The van der Waals surface area contributed by atoms with Crippen LogP contribution in [0.3, 0.4) is 0 Å². The molecule has 19 heavy (non-hydrogen) atoms. The van der Waals surface area contributed by atoms with E-state index in [9.17, 15) is 4.79 Å². The van der Waals surface area contributed by atoms with Crippen molar-refractivity contribution in [2.24, 2.45) is 5.92 Å². The largest absolute Gasteiger partial charge is 0.478 e. The third kappa shape index (κ3) is 3.31.